The molecule has 0 saturated carbocycles. The fourth-order valence-electron chi connectivity index (χ4n) is 1.69. The summed E-state index contributed by atoms with van der Waals surface area (Å²) in [5.74, 6) is -0.345. The lowest BCUT2D eigenvalue weighted by Gasteiger charge is -2.14. The van der Waals surface area contributed by atoms with Crippen LogP contribution in [0.25, 0.3) is 0 Å². The number of nitrogens with one attached hydrogen (secondary N) is 2. The van der Waals surface area contributed by atoms with Crippen molar-refractivity contribution in [3.8, 4) is 0 Å². The number of carbonyl (C=O) groups is 2. The van der Waals surface area contributed by atoms with E-state index >= 15 is 0 Å². The molecule has 0 saturated heterocycles. The van der Waals surface area contributed by atoms with Gasteiger partial charge in [0.25, 0.3) is 0 Å². The topological polar surface area (TPSA) is 93.5 Å². The van der Waals surface area contributed by atoms with E-state index in [-0.39, 0.29) is 11.8 Å². The number of ether oxygens (including phenoxy) is 1. The third-order valence-corrected chi connectivity index (χ3v) is 3.07. The average Bonchev–Trinajstić information content (AvgIpc) is 2.47. The number of benzene rings is 1. The van der Waals surface area contributed by atoms with Gasteiger partial charge in [-0.1, -0.05) is 13.0 Å². The van der Waals surface area contributed by atoms with Gasteiger partial charge in [0.05, 0.1) is 6.04 Å². The first-order valence-corrected chi connectivity index (χ1v) is 6.93. The van der Waals surface area contributed by atoms with Crippen molar-refractivity contribution in [2.45, 2.75) is 32.7 Å². The molecular formula is C15H23N3O3. The number of hydrogen-bond donors (Lipinski definition) is 3. The smallest absolute Gasteiger partial charge is 0.241 e. The van der Waals surface area contributed by atoms with Crippen LogP contribution >= 0.6 is 0 Å². The van der Waals surface area contributed by atoms with Crippen molar-refractivity contribution in [1.29, 1.82) is 0 Å². The largest absolute Gasteiger partial charge is 0.385 e. The predicted octanol–water partition coefficient (Wildman–Crippen LogP) is 1.65. The van der Waals surface area contributed by atoms with Crippen LogP contribution in [-0.2, 0) is 14.3 Å². The van der Waals surface area contributed by atoms with Crippen molar-refractivity contribution >= 4 is 23.2 Å². The lowest BCUT2D eigenvalue weighted by Crippen LogP contribution is -2.36. The molecule has 6 nitrogen and oxygen atoms in total. The van der Waals surface area contributed by atoms with E-state index in [1.165, 1.54) is 0 Å². The van der Waals surface area contributed by atoms with Crippen molar-refractivity contribution in [2.75, 3.05) is 24.4 Å². The number of rotatable bonds is 7. The molecule has 1 rings (SSSR count). The Morgan fingerprint density at radius 3 is 2.67 bits per heavy atom. The van der Waals surface area contributed by atoms with Crippen LogP contribution in [0.15, 0.2) is 18.2 Å². The number of anilines is 2. The van der Waals surface area contributed by atoms with E-state index in [0.717, 1.165) is 5.56 Å². The number of amides is 2. The Balaban J connectivity index is 2.75. The van der Waals surface area contributed by atoms with Crippen LogP contribution in [0.2, 0.25) is 0 Å². The van der Waals surface area contributed by atoms with E-state index in [1.807, 2.05) is 13.0 Å². The second-order valence-corrected chi connectivity index (χ2v) is 4.81. The minimum Gasteiger partial charge on any atom is -0.385 e. The van der Waals surface area contributed by atoms with Gasteiger partial charge in [-0.15, -0.1) is 0 Å². The molecule has 0 aliphatic carbocycles. The SMILES string of the molecule is CCC(=O)Nc1ccc(C)c(NC(=O)C(N)CCOC)c1. The predicted molar refractivity (Wildman–Crippen MR) is 83.2 cm³/mol. The van der Waals surface area contributed by atoms with Crippen LogP contribution in [0.4, 0.5) is 11.4 Å². The number of aryl methyl sites for hydroxylation is 1. The molecule has 0 radical (unpaired) electrons. The molecule has 0 aliphatic rings. The van der Waals surface area contributed by atoms with Gasteiger partial charge in [0.15, 0.2) is 0 Å². The summed E-state index contributed by atoms with van der Waals surface area (Å²) in [7, 11) is 1.56. The molecule has 1 aromatic rings. The maximum absolute atomic E-state index is 12.0. The Bertz CT molecular complexity index is 503. The fraction of sp³-hybridized carbons (Fsp3) is 0.467. The molecular weight excluding hydrogens is 270 g/mol. The monoisotopic (exact) mass is 293 g/mol. The van der Waals surface area contributed by atoms with Crippen LogP contribution in [0, 0.1) is 6.92 Å². The van der Waals surface area contributed by atoms with Gasteiger partial charge in [-0.25, -0.2) is 0 Å². The highest BCUT2D eigenvalue weighted by molar-refractivity contribution is 5.97. The van der Waals surface area contributed by atoms with Gasteiger partial charge in [-0.3, -0.25) is 9.59 Å². The zero-order chi connectivity index (χ0) is 15.8. The van der Waals surface area contributed by atoms with E-state index in [4.69, 9.17) is 10.5 Å². The van der Waals surface area contributed by atoms with Gasteiger partial charge >= 0.3 is 0 Å². The highest BCUT2D eigenvalue weighted by Crippen LogP contribution is 2.20. The minimum atomic E-state index is -0.627. The quantitative estimate of drug-likeness (QED) is 0.712. The zero-order valence-corrected chi connectivity index (χ0v) is 12.7. The first-order valence-electron chi connectivity index (χ1n) is 6.93. The summed E-state index contributed by atoms with van der Waals surface area (Å²) in [5.41, 5.74) is 7.97. The molecule has 0 heterocycles. The summed E-state index contributed by atoms with van der Waals surface area (Å²) in [5, 5.41) is 5.53. The zero-order valence-electron chi connectivity index (χ0n) is 12.7. The number of carbonyl (C=O) groups excluding carboxylic acids is 2. The molecule has 0 spiro atoms. The normalized spacial score (nSPS) is 11.8. The Kier molecular flexibility index (Phi) is 6.84. The molecule has 2 amide bonds. The van der Waals surface area contributed by atoms with E-state index in [2.05, 4.69) is 10.6 Å². The van der Waals surface area contributed by atoms with Gasteiger partial charge in [0, 0.05) is 31.5 Å². The maximum atomic E-state index is 12.0. The summed E-state index contributed by atoms with van der Waals surface area (Å²) >= 11 is 0. The first kappa shape index (κ1) is 17.1. The van der Waals surface area contributed by atoms with Crippen molar-refractivity contribution in [3.63, 3.8) is 0 Å². The summed E-state index contributed by atoms with van der Waals surface area (Å²) in [6.07, 6.45) is 0.852. The van der Waals surface area contributed by atoms with Gasteiger partial charge in [-0.05, 0) is 31.0 Å². The molecule has 1 atom stereocenters. The maximum Gasteiger partial charge on any atom is 0.241 e. The molecule has 21 heavy (non-hydrogen) atoms. The summed E-state index contributed by atoms with van der Waals surface area (Å²) in [6.45, 7) is 4.09. The summed E-state index contributed by atoms with van der Waals surface area (Å²) < 4.78 is 4.90. The van der Waals surface area contributed by atoms with Crippen molar-refractivity contribution in [3.05, 3.63) is 23.8 Å². The summed E-state index contributed by atoms with van der Waals surface area (Å²) in [6, 6.07) is 4.73. The molecule has 1 aromatic carbocycles. The molecule has 4 N–H and O–H groups in total. The highest BCUT2D eigenvalue weighted by atomic mass is 16.5. The van der Waals surface area contributed by atoms with Crippen LogP contribution in [-0.4, -0.2) is 31.6 Å². The second kappa shape index (κ2) is 8.39. The van der Waals surface area contributed by atoms with E-state index < -0.39 is 6.04 Å². The number of methoxy groups -OCH3 is 1. The van der Waals surface area contributed by atoms with Crippen LogP contribution < -0.4 is 16.4 Å². The molecule has 0 bridgehead atoms. The Morgan fingerprint density at radius 2 is 2.05 bits per heavy atom. The molecule has 116 valence electrons. The van der Waals surface area contributed by atoms with Gasteiger partial charge in [0.2, 0.25) is 11.8 Å². The average molecular weight is 293 g/mol. The van der Waals surface area contributed by atoms with E-state index in [1.54, 1.807) is 26.2 Å². The molecule has 0 aromatic heterocycles. The van der Waals surface area contributed by atoms with Gasteiger partial charge in [-0.2, -0.15) is 0 Å². The standard InChI is InChI=1S/C15H23N3O3/c1-4-14(19)17-11-6-5-10(2)13(9-11)18-15(20)12(16)7-8-21-3/h5-6,9,12H,4,7-8,16H2,1-3H3,(H,17,19)(H,18,20). The molecule has 0 aliphatic heterocycles. The Hall–Kier alpha value is -1.92. The highest BCUT2D eigenvalue weighted by Gasteiger charge is 2.14. The molecule has 6 heteroatoms. The Morgan fingerprint density at radius 1 is 1.33 bits per heavy atom. The van der Waals surface area contributed by atoms with Crippen molar-refractivity contribution in [2.24, 2.45) is 5.73 Å². The fourth-order valence-corrected chi connectivity index (χ4v) is 1.69. The minimum absolute atomic E-state index is 0.0760. The second-order valence-electron chi connectivity index (χ2n) is 4.81. The summed E-state index contributed by atoms with van der Waals surface area (Å²) in [4.78, 5) is 23.4. The lowest BCUT2D eigenvalue weighted by atomic mass is 10.1. The molecule has 0 fully saturated rings. The van der Waals surface area contributed by atoms with Crippen molar-refractivity contribution in [1.82, 2.24) is 0 Å². The van der Waals surface area contributed by atoms with Crippen LogP contribution in [0.1, 0.15) is 25.3 Å². The first-order chi connectivity index (χ1) is 9.97. The van der Waals surface area contributed by atoms with Crippen molar-refractivity contribution < 1.29 is 14.3 Å². The van der Waals surface area contributed by atoms with Gasteiger partial charge < -0.3 is 21.1 Å². The van der Waals surface area contributed by atoms with E-state index in [0.29, 0.717) is 30.8 Å². The number of nitrogens with two attached hydrogens (primary N) is 1. The van der Waals surface area contributed by atoms with Gasteiger partial charge in [0.1, 0.15) is 0 Å². The van der Waals surface area contributed by atoms with E-state index in [9.17, 15) is 9.59 Å². The number of hydrogen-bond acceptors (Lipinski definition) is 4. The molecule has 1 unspecified atom stereocenters. The lowest BCUT2D eigenvalue weighted by molar-refractivity contribution is -0.118. The van der Waals surface area contributed by atoms with Crippen LogP contribution in [0.5, 0.6) is 0 Å². The third kappa shape index (κ3) is 5.53. The van der Waals surface area contributed by atoms with Crippen LogP contribution in [0.3, 0.4) is 0 Å². The Labute approximate surface area is 125 Å². The third-order valence-electron chi connectivity index (χ3n) is 3.07.